The van der Waals surface area contributed by atoms with Gasteiger partial charge < -0.3 is 5.32 Å². The number of hydrogen-bond acceptors (Lipinski definition) is 1. The number of hydrogen-bond donors (Lipinski definition) is 1. The molecule has 1 aliphatic carbocycles. The number of benzene rings is 1. The highest BCUT2D eigenvalue weighted by atomic mass is 14.9. The van der Waals surface area contributed by atoms with Gasteiger partial charge in [0, 0.05) is 12.5 Å². The SMILES string of the molecule is C#CCCCCNC1CCc2ccccc2C1. The lowest BCUT2D eigenvalue weighted by atomic mass is 9.88. The van der Waals surface area contributed by atoms with E-state index in [9.17, 15) is 0 Å². The molecule has 0 saturated carbocycles. The molecule has 90 valence electrons. The van der Waals surface area contributed by atoms with Gasteiger partial charge in [-0.2, -0.15) is 0 Å². The molecule has 1 aromatic rings. The molecule has 0 spiro atoms. The molecule has 0 aromatic heterocycles. The number of rotatable bonds is 5. The number of terminal acetylenes is 1. The molecule has 0 saturated heterocycles. The van der Waals surface area contributed by atoms with Gasteiger partial charge in [-0.25, -0.2) is 0 Å². The molecular formula is C16H21N. The van der Waals surface area contributed by atoms with Crippen LogP contribution in [0.2, 0.25) is 0 Å². The summed E-state index contributed by atoms with van der Waals surface area (Å²) in [6.45, 7) is 1.11. The minimum absolute atomic E-state index is 0.663. The first kappa shape index (κ1) is 12.2. The van der Waals surface area contributed by atoms with Crippen molar-refractivity contribution in [2.45, 2.75) is 44.6 Å². The molecule has 0 aliphatic heterocycles. The molecule has 17 heavy (non-hydrogen) atoms. The smallest absolute Gasteiger partial charge is 0.0111 e. The van der Waals surface area contributed by atoms with Gasteiger partial charge in [-0.3, -0.25) is 0 Å². The van der Waals surface area contributed by atoms with Crippen molar-refractivity contribution in [3.63, 3.8) is 0 Å². The van der Waals surface area contributed by atoms with Gasteiger partial charge in [0.1, 0.15) is 0 Å². The van der Waals surface area contributed by atoms with Crippen molar-refractivity contribution in [2.24, 2.45) is 0 Å². The molecule has 1 aromatic carbocycles. The predicted molar refractivity (Wildman–Crippen MR) is 72.9 cm³/mol. The Kier molecular flexibility index (Phi) is 4.64. The predicted octanol–water partition coefficient (Wildman–Crippen LogP) is 2.94. The second kappa shape index (κ2) is 6.47. The average Bonchev–Trinajstić information content (AvgIpc) is 2.38. The number of unbranched alkanes of at least 4 members (excludes halogenated alkanes) is 2. The lowest BCUT2D eigenvalue weighted by Crippen LogP contribution is -2.35. The maximum atomic E-state index is 5.24. The molecule has 1 atom stereocenters. The fraction of sp³-hybridized carbons (Fsp3) is 0.500. The van der Waals surface area contributed by atoms with Crippen molar-refractivity contribution < 1.29 is 0 Å². The Hall–Kier alpha value is -1.26. The maximum Gasteiger partial charge on any atom is 0.0111 e. The maximum absolute atomic E-state index is 5.24. The standard InChI is InChI=1S/C16H21N/c1-2-3-4-7-12-17-16-11-10-14-8-5-6-9-15(14)13-16/h1,5-6,8-9,16-17H,3-4,7,10-13H2. The quantitative estimate of drug-likeness (QED) is 0.602. The van der Waals surface area contributed by atoms with Gasteiger partial charge in [-0.05, 0) is 49.8 Å². The molecular weight excluding hydrogens is 206 g/mol. The third kappa shape index (κ3) is 3.61. The third-order valence-corrected chi connectivity index (χ3v) is 3.53. The molecule has 1 unspecified atom stereocenters. The zero-order valence-corrected chi connectivity index (χ0v) is 10.4. The Labute approximate surface area is 105 Å². The molecule has 0 amide bonds. The van der Waals surface area contributed by atoms with Crippen LogP contribution in [0.5, 0.6) is 0 Å². The summed E-state index contributed by atoms with van der Waals surface area (Å²) >= 11 is 0. The van der Waals surface area contributed by atoms with Gasteiger partial charge in [-0.1, -0.05) is 24.3 Å². The lowest BCUT2D eigenvalue weighted by molar-refractivity contribution is 0.451. The summed E-state index contributed by atoms with van der Waals surface area (Å²) in [5.74, 6) is 2.69. The van der Waals surface area contributed by atoms with Crippen LogP contribution in [0, 0.1) is 12.3 Å². The Balaban J connectivity index is 1.73. The van der Waals surface area contributed by atoms with Crippen molar-refractivity contribution in [3.05, 3.63) is 35.4 Å². The molecule has 0 radical (unpaired) electrons. The van der Waals surface area contributed by atoms with E-state index in [1.54, 1.807) is 0 Å². The van der Waals surface area contributed by atoms with Crippen molar-refractivity contribution in [3.8, 4) is 12.3 Å². The van der Waals surface area contributed by atoms with Crippen LogP contribution in [0.4, 0.5) is 0 Å². The van der Waals surface area contributed by atoms with Crippen molar-refractivity contribution in [1.29, 1.82) is 0 Å². The summed E-state index contributed by atoms with van der Waals surface area (Å²) in [6.07, 6.45) is 12.2. The monoisotopic (exact) mass is 227 g/mol. The number of nitrogens with one attached hydrogen (secondary N) is 1. The third-order valence-electron chi connectivity index (χ3n) is 3.53. The van der Waals surface area contributed by atoms with Crippen LogP contribution in [0.25, 0.3) is 0 Å². The van der Waals surface area contributed by atoms with E-state index in [-0.39, 0.29) is 0 Å². The largest absolute Gasteiger partial charge is 0.314 e. The van der Waals surface area contributed by atoms with Gasteiger partial charge in [-0.15, -0.1) is 12.3 Å². The van der Waals surface area contributed by atoms with Crippen LogP contribution < -0.4 is 5.32 Å². The molecule has 1 aliphatic rings. The number of fused-ring (bicyclic) bond motifs is 1. The topological polar surface area (TPSA) is 12.0 Å². The van der Waals surface area contributed by atoms with E-state index in [1.807, 2.05) is 0 Å². The minimum Gasteiger partial charge on any atom is -0.314 e. The van der Waals surface area contributed by atoms with E-state index >= 15 is 0 Å². The first-order chi connectivity index (χ1) is 8.40. The van der Waals surface area contributed by atoms with Crippen molar-refractivity contribution in [1.82, 2.24) is 5.32 Å². The molecule has 0 fully saturated rings. The zero-order valence-electron chi connectivity index (χ0n) is 10.4. The van der Waals surface area contributed by atoms with Gasteiger partial charge in [0.15, 0.2) is 0 Å². The summed E-state index contributed by atoms with van der Waals surface area (Å²) in [4.78, 5) is 0. The van der Waals surface area contributed by atoms with Crippen LogP contribution in [0.1, 0.15) is 36.8 Å². The van der Waals surface area contributed by atoms with E-state index in [0.717, 1.165) is 19.4 Å². The van der Waals surface area contributed by atoms with Crippen LogP contribution in [-0.4, -0.2) is 12.6 Å². The summed E-state index contributed by atoms with van der Waals surface area (Å²) in [6, 6.07) is 9.48. The van der Waals surface area contributed by atoms with Crippen molar-refractivity contribution >= 4 is 0 Å². The van der Waals surface area contributed by atoms with Gasteiger partial charge >= 0.3 is 0 Å². The summed E-state index contributed by atoms with van der Waals surface area (Å²) in [5.41, 5.74) is 3.07. The van der Waals surface area contributed by atoms with Crippen LogP contribution in [-0.2, 0) is 12.8 Å². The number of aryl methyl sites for hydroxylation is 1. The summed E-state index contributed by atoms with van der Waals surface area (Å²) in [7, 11) is 0. The van der Waals surface area contributed by atoms with Gasteiger partial charge in [0.25, 0.3) is 0 Å². The highest BCUT2D eigenvalue weighted by molar-refractivity contribution is 5.30. The van der Waals surface area contributed by atoms with Crippen LogP contribution in [0.3, 0.4) is 0 Å². The Bertz CT molecular complexity index is 389. The molecule has 1 N–H and O–H groups in total. The van der Waals surface area contributed by atoms with Crippen LogP contribution in [0.15, 0.2) is 24.3 Å². The van der Waals surface area contributed by atoms with E-state index in [0.29, 0.717) is 6.04 Å². The lowest BCUT2D eigenvalue weighted by Gasteiger charge is -2.25. The van der Waals surface area contributed by atoms with Crippen LogP contribution >= 0.6 is 0 Å². The summed E-state index contributed by atoms with van der Waals surface area (Å²) in [5, 5.41) is 3.65. The van der Waals surface area contributed by atoms with E-state index in [1.165, 1.54) is 36.8 Å². The van der Waals surface area contributed by atoms with Crippen molar-refractivity contribution in [2.75, 3.05) is 6.54 Å². The second-order valence-corrected chi connectivity index (χ2v) is 4.82. The Morgan fingerprint density at radius 3 is 2.88 bits per heavy atom. The molecule has 1 nitrogen and oxygen atoms in total. The molecule has 2 rings (SSSR count). The van der Waals surface area contributed by atoms with E-state index < -0.39 is 0 Å². The molecule has 1 heteroatoms. The first-order valence-electron chi connectivity index (χ1n) is 6.64. The Morgan fingerprint density at radius 1 is 1.24 bits per heavy atom. The van der Waals surface area contributed by atoms with Gasteiger partial charge in [0.2, 0.25) is 0 Å². The normalized spacial score (nSPS) is 18.4. The van der Waals surface area contributed by atoms with E-state index in [2.05, 4.69) is 35.5 Å². The first-order valence-corrected chi connectivity index (χ1v) is 6.64. The fourth-order valence-corrected chi connectivity index (χ4v) is 2.53. The van der Waals surface area contributed by atoms with E-state index in [4.69, 9.17) is 6.42 Å². The Morgan fingerprint density at radius 2 is 2.06 bits per heavy atom. The highest BCUT2D eigenvalue weighted by Crippen LogP contribution is 2.20. The average molecular weight is 227 g/mol. The summed E-state index contributed by atoms with van der Waals surface area (Å²) < 4.78 is 0. The zero-order chi connectivity index (χ0) is 11.9. The highest BCUT2D eigenvalue weighted by Gasteiger charge is 2.16. The molecule has 0 bridgehead atoms. The minimum atomic E-state index is 0.663. The fourth-order valence-electron chi connectivity index (χ4n) is 2.53. The second-order valence-electron chi connectivity index (χ2n) is 4.82. The van der Waals surface area contributed by atoms with Gasteiger partial charge in [0.05, 0.1) is 0 Å². The molecule has 0 heterocycles.